The lowest BCUT2D eigenvalue weighted by atomic mass is 9.87. The van der Waals surface area contributed by atoms with Gasteiger partial charge in [-0.05, 0) is 55.9 Å². The van der Waals surface area contributed by atoms with E-state index in [2.05, 4.69) is 13.0 Å². The lowest BCUT2D eigenvalue weighted by Gasteiger charge is -2.19. The summed E-state index contributed by atoms with van der Waals surface area (Å²) in [6, 6.07) is 2.11. The molecule has 0 amide bonds. The molecule has 1 aromatic carbocycles. The van der Waals surface area contributed by atoms with Crippen molar-refractivity contribution in [3.8, 4) is 5.75 Å². The van der Waals surface area contributed by atoms with Crippen molar-refractivity contribution in [2.75, 3.05) is 6.54 Å². The maximum Gasteiger partial charge on any atom is 0.121 e. The van der Waals surface area contributed by atoms with Crippen LogP contribution in [0.1, 0.15) is 35.1 Å². The average molecular weight is 205 g/mol. The van der Waals surface area contributed by atoms with Crippen LogP contribution in [-0.2, 0) is 5.41 Å². The highest BCUT2D eigenvalue weighted by Gasteiger charge is 2.44. The van der Waals surface area contributed by atoms with Crippen LogP contribution in [0.3, 0.4) is 0 Å². The van der Waals surface area contributed by atoms with E-state index in [0.717, 1.165) is 17.7 Å². The summed E-state index contributed by atoms with van der Waals surface area (Å²) in [5, 5.41) is 9.84. The van der Waals surface area contributed by atoms with Gasteiger partial charge in [-0.3, -0.25) is 0 Å². The molecule has 0 bridgehead atoms. The van der Waals surface area contributed by atoms with E-state index in [9.17, 15) is 5.11 Å². The molecule has 0 radical (unpaired) electrons. The molecule has 0 heterocycles. The average Bonchev–Trinajstić information content (AvgIpc) is 3.01. The molecule has 0 spiro atoms. The van der Waals surface area contributed by atoms with Gasteiger partial charge in [-0.25, -0.2) is 0 Å². The smallest absolute Gasteiger partial charge is 0.121 e. The second-order valence-corrected chi connectivity index (χ2v) is 4.82. The molecule has 3 N–H and O–H groups in total. The molecular weight excluding hydrogens is 186 g/mol. The second kappa shape index (κ2) is 3.24. The number of benzene rings is 1. The number of phenolic OH excluding ortho intramolecular Hbond substituents is 1. The minimum Gasteiger partial charge on any atom is -0.507 e. The van der Waals surface area contributed by atoms with E-state index < -0.39 is 0 Å². The minimum absolute atomic E-state index is 0.216. The molecule has 82 valence electrons. The lowest BCUT2D eigenvalue weighted by molar-refractivity contribution is 0.465. The first kappa shape index (κ1) is 10.5. The normalized spacial score (nSPS) is 17.9. The Morgan fingerprint density at radius 1 is 1.27 bits per heavy atom. The topological polar surface area (TPSA) is 46.2 Å². The van der Waals surface area contributed by atoms with Crippen LogP contribution in [0.2, 0.25) is 0 Å². The molecule has 2 nitrogen and oxygen atoms in total. The first-order valence-electron chi connectivity index (χ1n) is 5.52. The van der Waals surface area contributed by atoms with Crippen molar-refractivity contribution in [1.82, 2.24) is 0 Å². The molecule has 1 fully saturated rings. The molecule has 1 aliphatic carbocycles. The molecule has 0 saturated heterocycles. The number of rotatable bonds is 2. The predicted octanol–water partition coefficient (Wildman–Crippen LogP) is 2.31. The third kappa shape index (κ3) is 1.44. The minimum atomic E-state index is 0.216. The van der Waals surface area contributed by atoms with E-state index in [0.29, 0.717) is 5.75 Å². The van der Waals surface area contributed by atoms with Crippen molar-refractivity contribution in [2.45, 2.75) is 39.0 Å². The fraction of sp³-hybridized carbons (Fsp3) is 0.538. The summed E-state index contributed by atoms with van der Waals surface area (Å²) < 4.78 is 0. The summed E-state index contributed by atoms with van der Waals surface area (Å²) in [7, 11) is 0. The van der Waals surface area contributed by atoms with Crippen LogP contribution >= 0.6 is 0 Å². The van der Waals surface area contributed by atoms with Gasteiger partial charge in [0.05, 0.1) is 0 Å². The Bertz CT molecular complexity index is 405. The number of aromatic hydroxyl groups is 1. The van der Waals surface area contributed by atoms with Crippen molar-refractivity contribution in [2.24, 2.45) is 5.73 Å². The molecule has 2 heteroatoms. The summed E-state index contributed by atoms with van der Waals surface area (Å²) in [6.07, 6.45) is 2.38. The van der Waals surface area contributed by atoms with Crippen LogP contribution in [-0.4, -0.2) is 11.7 Å². The summed E-state index contributed by atoms with van der Waals surface area (Å²) in [5.41, 5.74) is 10.6. The molecular formula is C13H19NO. The Morgan fingerprint density at radius 2 is 1.87 bits per heavy atom. The van der Waals surface area contributed by atoms with Crippen LogP contribution in [0.5, 0.6) is 5.75 Å². The summed E-state index contributed by atoms with van der Waals surface area (Å²) in [5.74, 6) is 0.434. The highest BCUT2D eigenvalue weighted by Crippen LogP contribution is 2.50. The second-order valence-electron chi connectivity index (χ2n) is 4.82. The number of phenols is 1. The van der Waals surface area contributed by atoms with E-state index in [-0.39, 0.29) is 5.41 Å². The van der Waals surface area contributed by atoms with Gasteiger partial charge >= 0.3 is 0 Å². The lowest BCUT2D eigenvalue weighted by Crippen LogP contribution is -2.21. The van der Waals surface area contributed by atoms with E-state index in [1.807, 2.05) is 13.8 Å². The van der Waals surface area contributed by atoms with E-state index >= 15 is 0 Å². The Hall–Kier alpha value is -1.02. The first-order valence-corrected chi connectivity index (χ1v) is 5.52. The fourth-order valence-electron chi connectivity index (χ4n) is 2.35. The third-order valence-corrected chi connectivity index (χ3v) is 3.87. The highest BCUT2D eigenvalue weighted by molar-refractivity contribution is 5.52. The number of nitrogens with two attached hydrogens (primary N) is 1. The van der Waals surface area contributed by atoms with Gasteiger partial charge in [0.2, 0.25) is 0 Å². The van der Waals surface area contributed by atoms with Crippen LogP contribution < -0.4 is 5.73 Å². The van der Waals surface area contributed by atoms with Gasteiger partial charge in [-0.1, -0.05) is 6.07 Å². The third-order valence-electron chi connectivity index (χ3n) is 3.87. The van der Waals surface area contributed by atoms with Crippen LogP contribution in [0.25, 0.3) is 0 Å². The van der Waals surface area contributed by atoms with Crippen molar-refractivity contribution in [1.29, 1.82) is 0 Å². The Kier molecular flexibility index (Phi) is 2.27. The standard InChI is InChI=1S/C13H19NO/c1-8-6-11(13(7-14)4-5-13)9(2)10(3)12(8)15/h6,15H,4-5,7,14H2,1-3H3. The zero-order valence-corrected chi connectivity index (χ0v) is 9.72. The summed E-state index contributed by atoms with van der Waals surface area (Å²) >= 11 is 0. The molecule has 1 aliphatic rings. The van der Waals surface area contributed by atoms with Gasteiger partial charge < -0.3 is 10.8 Å². The van der Waals surface area contributed by atoms with Gasteiger partial charge in [-0.15, -0.1) is 0 Å². The van der Waals surface area contributed by atoms with E-state index in [4.69, 9.17) is 5.73 Å². The highest BCUT2D eigenvalue weighted by atomic mass is 16.3. The van der Waals surface area contributed by atoms with Gasteiger partial charge in [0.1, 0.15) is 5.75 Å². The largest absolute Gasteiger partial charge is 0.507 e. The van der Waals surface area contributed by atoms with Crippen molar-refractivity contribution in [3.05, 3.63) is 28.3 Å². The number of hydrogen-bond acceptors (Lipinski definition) is 2. The summed E-state index contributed by atoms with van der Waals surface area (Å²) in [4.78, 5) is 0. The Labute approximate surface area is 91.1 Å². The molecule has 0 atom stereocenters. The van der Waals surface area contributed by atoms with Gasteiger partial charge in [0.15, 0.2) is 0 Å². The van der Waals surface area contributed by atoms with Crippen molar-refractivity contribution in [3.63, 3.8) is 0 Å². The summed E-state index contributed by atoms with van der Waals surface area (Å²) in [6.45, 7) is 6.74. The Morgan fingerprint density at radius 3 is 2.33 bits per heavy atom. The molecule has 1 saturated carbocycles. The molecule has 2 rings (SSSR count). The monoisotopic (exact) mass is 205 g/mol. The molecule has 0 aromatic heterocycles. The van der Waals surface area contributed by atoms with Gasteiger partial charge in [0, 0.05) is 12.0 Å². The van der Waals surface area contributed by atoms with Gasteiger partial charge in [-0.2, -0.15) is 0 Å². The first-order chi connectivity index (χ1) is 7.02. The van der Waals surface area contributed by atoms with Crippen LogP contribution in [0.15, 0.2) is 6.07 Å². The number of hydrogen-bond donors (Lipinski definition) is 2. The molecule has 1 aromatic rings. The van der Waals surface area contributed by atoms with Crippen molar-refractivity contribution < 1.29 is 5.11 Å². The van der Waals surface area contributed by atoms with Crippen molar-refractivity contribution >= 4 is 0 Å². The van der Waals surface area contributed by atoms with Crippen LogP contribution in [0, 0.1) is 20.8 Å². The maximum atomic E-state index is 9.84. The van der Waals surface area contributed by atoms with Gasteiger partial charge in [0.25, 0.3) is 0 Å². The van der Waals surface area contributed by atoms with E-state index in [1.54, 1.807) is 0 Å². The SMILES string of the molecule is Cc1cc(C2(CN)CC2)c(C)c(C)c1O. The quantitative estimate of drug-likeness (QED) is 0.778. The van der Waals surface area contributed by atoms with Crippen LogP contribution in [0.4, 0.5) is 0 Å². The maximum absolute atomic E-state index is 9.84. The molecule has 0 unspecified atom stereocenters. The zero-order chi connectivity index (χ0) is 11.2. The fourth-order valence-corrected chi connectivity index (χ4v) is 2.35. The zero-order valence-electron chi connectivity index (χ0n) is 9.72. The predicted molar refractivity (Wildman–Crippen MR) is 62.3 cm³/mol. The Balaban J connectivity index is 2.58. The molecule has 0 aliphatic heterocycles. The molecule has 15 heavy (non-hydrogen) atoms. The number of aryl methyl sites for hydroxylation is 1. The van der Waals surface area contributed by atoms with E-state index in [1.165, 1.54) is 24.0 Å².